The van der Waals surface area contributed by atoms with Crippen LogP contribution in [0.25, 0.3) is 22.4 Å². The highest BCUT2D eigenvalue weighted by Gasteiger charge is 2.31. The molecule has 186 valence electrons. The minimum atomic E-state index is -0.794. The number of carbonyl (C=O) groups is 2. The average Bonchev–Trinajstić information content (AvgIpc) is 3.69. The van der Waals surface area contributed by atoms with Crippen LogP contribution >= 0.6 is 0 Å². The van der Waals surface area contributed by atoms with Crippen molar-refractivity contribution in [3.8, 4) is 11.5 Å². The van der Waals surface area contributed by atoms with Gasteiger partial charge in [0.2, 0.25) is 5.95 Å². The number of carbonyl (C=O) groups excluding carboxylic acids is 2. The number of hydrogen-bond acceptors (Lipinski definition) is 8. The Morgan fingerprint density at radius 2 is 1.84 bits per heavy atom. The lowest BCUT2D eigenvalue weighted by Gasteiger charge is -2.34. The molecule has 0 saturated carbocycles. The Bertz CT molecular complexity index is 1600. The van der Waals surface area contributed by atoms with Crippen LogP contribution in [0.2, 0.25) is 0 Å². The van der Waals surface area contributed by atoms with E-state index in [0.29, 0.717) is 32.1 Å². The first-order valence-electron chi connectivity index (χ1n) is 11.6. The van der Waals surface area contributed by atoms with Crippen LogP contribution in [0.15, 0.2) is 55.1 Å². The Morgan fingerprint density at radius 1 is 1.05 bits per heavy atom. The molecular formula is C24H21FN10O2. The second-order valence-corrected chi connectivity index (χ2v) is 8.56. The maximum Gasteiger partial charge on any atom is 0.295 e. The van der Waals surface area contributed by atoms with Crippen molar-refractivity contribution in [2.24, 2.45) is 0 Å². The number of ketones is 1. The number of rotatable bonds is 5. The molecule has 37 heavy (non-hydrogen) atoms. The van der Waals surface area contributed by atoms with Crippen LogP contribution in [0.1, 0.15) is 16.2 Å². The molecule has 1 amide bonds. The number of anilines is 1. The predicted octanol–water partition coefficient (Wildman–Crippen LogP) is 1.70. The lowest BCUT2D eigenvalue weighted by molar-refractivity contribution is -0.126. The van der Waals surface area contributed by atoms with E-state index in [-0.39, 0.29) is 22.3 Å². The highest BCUT2D eigenvalue weighted by atomic mass is 19.1. The number of Topliss-reactive ketones (excluding diaryl/α,β-unsaturated/α-hetero) is 1. The van der Waals surface area contributed by atoms with Crippen LogP contribution in [0.4, 0.5) is 10.3 Å². The minimum absolute atomic E-state index is 0.0103. The number of benzene rings is 1. The zero-order valence-corrected chi connectivity index (χ0v) is 19.7. The van der Waals surface area contributed by atoms with Gasteiger partial charge in [0.05, 0.1) is 40.7 Å². The van der Waals surface area contributed by atoms with Gasteiger partial charge < -0.3 is 14.8 Å². The second kappa shape index (κ2) is 8.93. The van der Waals surface area contributed by atoms with E-state index < -0.39 is 17.5 Å². The van der Waals surface area contributed by atoms with Gasteiger partial charge in [0, 0.05) is 32.4 Å². The maximum absolute atomic E-state index is 14.8. The molecule has 1 aliphatic heterocycles. The summed E-state index contributed by atoms with van der Waals surface area (Å²) >= 11 is 0. The fraction of sp³-hybridized carbons (Fsp3) is 0.208. The molecule has 0 atom stereocenters. The number of piperazine rings is 1. The van der Waals surface area contributed by atoms with E-state index in [2.05, 4.69) is 30.5 Å². The number of halogens is 1. The van der Waals surface area contributed by atoms with Crippen molar-refractivity contribution < 1.29 is 14.0 Å². The summed E-state index contributed by atoms with van der Waals surface area (Å²) in [5.41, 5.74) is 1.14. The molecule has 5 aromatic rings. The molecular weight excluding hydrogens is 479 g/mol. The molecule has 4 aromatic heterocycles. The molecule has 0 bridgehead atoms. The number of aromatic nitrogens is 8. The van der Waals surface area contributed by atoms with Crippen molar-refractivity contribution in [3.63, 3.8) is 0 Å². The van der Waals surface area contributed by atoms with Crippen molar-refractivity contribution in [1.29, 1.82) is 0 Å². The molecule has 6 rings (SSSR count). The first-order valence-corrected chi connectivity index (χ1v) is 11.6. The van der Waals surface area contributed by atoms with E-state index >= 15 is 0 Å². The summed E-state index contributed by atoms with van der Waals surface area (Å²) in [7, 11) is 0. The SMILES string of the molecule is Cc1nnc(N2CCN(C(=O)C(=O)c3c[nH]c4c(-n5ccnn5)ncc(F)c34)CC2)n1-c1ccccc1. The number of aromatic amines is 1. The van der Waals surface area contributed by atoms with Crippen LogP contribution in [0.3, 0.4) is 0 Å². The van der Waals surface area contributed by atoms with E-state index in [9.17, 15) is 14.0 Å². The Labute approximate surface area is 209 Å². The Kier molecular flexibility index (Phi) is 5.44. The van der Waals surface area contributed by atoms with Gasteiger partial charge in [0.25, 0.3) is 11.7 Å². The second-order valence-electron chi connectivity index (χ2n) is 8.56. The van der Waals surface area contributed by atoms with Crippen molar-refractivity contribution in [3.05, 3.63) is 72.3 Å². The summed E-state index contributed by atoms with van der Waals surface area (Å²) in [5.74, 6) is -0.508. The topological polar surface area (TPSA) is 131 Å². The van der Waals surface area contributed by atoms with Crippen LogP contribution in [-0.4, -0.2) is 82.5 Å². The fourth-order valence-electron chi connectivity index (χ4n) is 4.57. The van der Waals surface area contributed by atoms with E-state index in [0.717, 1.165) is 17.7 Å². The summed E-state index contributed by atoms with van der Waals surface area (Å²) in [6, 6.07) is 9.78. The third-order valence-electron chi connectivity index (χ3n) is 6.39. The maximum atomic E-state index is 14.8. The lowest BCUT2D eigenvalue weighted by atomic mass is 10.1. The van der Waals surface area contributed by atoms with Gasteiger partial charge in [-0.2, -0.15) is 0 Å². The standard InChI is InChI=1S/C24H21FN10O2/c1-15-29-30-24(35(15)16-5-3-2-4-6-16)33-11-9-32(10-12-33)23(37)21(36)17-13-26-20-19(17)18(25)14-27-22(20)34-8-7-28-31-34/h2-8,13-14,26H,9-12H2,1H3. The van der Waals surface area contributed by atoms with Gasteiger partial charge in [0.1, 0.15) is 5.82 Å². The van der Waals surface area contributed by atoms with Gasteiger partial charge in [0.15, 0.2) is 11.6 Å². The number of fused-ring (bicyclic) bond motifs is 1. The van der Waals surface area contributed by atoms with E-state index in [4.69, 9.17) is 0 Å². The first kappa shape index (κ1) is 22.5. The third-order valence-corrected chi connectivity index (χ3v) is 6.39. The number of hydrogen-bond donors (Lipinski definition) is 1. The average molecular weight is 500 g/mol. The Morgan fingerprint density at radius 3 is 2.57 bits per heavy atom. The Balaban J connectivity index is 1.21. The van der Waals surface area contributed by atoms with E-state index in [1.165, 1.54) is 22.0 Å². The Hall–Kier alpha value is -4.94. The van der Waals surface area contributed by atoms with Gasteiger partial charge in [-0.1, -0.05) is 23.4 Å². The van der Waals surface area contributed by atoms with Gasteiger partial charge in [-0.25, -0.2) is 14.1 Å². The summed E-state index contributed by atoms with van der Waals surface area (Å²) in [5, 5.41) is 16.2. The van der Waals surface area contributed by atoms with Crippen molar-refractivity contribution in [1.82, 2.24) is 44.6 Å². The number of nitrogens with one attached hydrogen (secondary N) is 1. The molecule has 0 spiro atoms. The molecule has 0 aliphatic carbocycles. The van der Waals surface area contributed by atoms with E-state index in [1.807, 2.05) is 46.7 Å². The number of para-hydroxylation sites is 1. The van der Waals surface area contributed by atoms with Gasteiger partial charge in [-0.05, 0) is 19.1 Å². The highest BCUT2D eigenvalue weighted by Crippen LogP contribution is 2.27. The molecule has 1 aromatic carbocycles. The van der Waals surface area contributed by atoms with Gasteiger partial charge in [-0.3, -0.25) is 14.2 Å². The molecule has 0 unspecified atom stereocenters. The van der Waals surface area contributed by atoms with E-state index in [1.54, 1.807) is 6.20 Å². The molecule has 1 N–H and O–H groups in total. The van der Waals surface area contributed by atoms with Crippen LogP contribution < -0.4 is 4.90 Å². The van der Waals surface area contributed by atoms with Gasteiger partial charge >= 0.3 is 0 Å². The third kappa shape index (κ3) is 3.80. The summed E-state index contributed by atoms with van der Waals surface area (Å²) in [6.45, 7) is 3.43. The van der Waals surface area contributed by atoms with Crippen molar-refractivity contribution in [2.45, 2.75) is 6.92 Å². The largest absolute Gasteiger partial charge is 0.357 e. The number of amides is 1. The molecule has 5 heterocycles. The molecule has 12 nitrogen and oxygen atoms in total. The lowest BCUT2D eigenvalue weighted by Crippen LogP contribution is -2.51. The quantitative estimate of drug-likeness (QED) is 0.285. The molecule has 0 radical (unpaired) electrons. The summed E-state index contributed by atoms with van der Waals surface area (Å²) in [6.07, 6.45) is 5.33. The molecule has 1 saturated heterocycles. The van der Waals surface area contributed by atoms with Gasteiger partial charge in [-0.15, -0.1) is 15.3 Å². The number of H-pyrrole nitrogens is 1. The smallest absolute Gasteiger partial charge is 0.295 e. The fourth-order valence-corrected chi connectivity index (χ4v) is 4.57. The summed E-state index contributed by atoms with van der Waals surface area (Å²) in [4.78, 5) is 36.8. The monoisotopic (exact) mass is 500 g/mol. The summed E-state index contributed by atoms with van der Waals surface area (Å²) < 4.78 is 18.1. The zero-order chi connectivity index (χ0) is 25.5. The van der Waals surface area contributed by atoms with Crippen molar-refractivity contribution >= 4 is 28.5 Å². The normalized spacial score (nSPS) is 13.9. The molecule has 13 heteroatoms. The number of aryl methyl sites for hydroxylation is 1. The number of nitrogens with zero attached hydrogens (tertiary/aromatic N) is 9. The minimum Gasteiger partial charge on any atom is -0.357 e. The number of pyridine rings is 1. The van der Waals surface area contributed by atoms with Crippen LogP contribution in [-0.2, 0) is 4.79 Å². The predicted molar refractivity (Wildman–Crippen MR) is 130 cm³/mol. The molecule has 1 fully saturated rings. The first-order chi connectivity index (χ1) is 18.0. The van der Waals surface area contributed by atoms with Crippen LogP contribution in [0, 0.1) is 12.7 Å². The molecule has 1 aliphatic rings. The van der Waals surface area contributed by atoms with Crippen LogP contribution in [0.5, 0.6) is 0 Å². The highest BCUT2D eigenvalue weighted by molar-refractivity contribution is 6.45. The van der Waals surface area contributed by atoms with Crippen molar-refractivity contribution in [2.75, 3.05) is 31.1 Å². The zero-order valence-electron chi connectivity index (χ0n) is 19.7.